The number of hydrogen-bond acceptors (Lipinski definition) is 5. The number of benzene rings is 1. The first kappa shape index (κ1) is 15.6. The summed E-state index contributed by atoms with van der Waals surface area (Å²) in [6.07, 6.45) is 7.55. The number of anilines is 1. The lowest BCUT2D eigenvalue weighted by atomic mass is 10.1. The highest BCUT2D eigenvalue weighted by Crippen LogP contribution is 2.27. The zero-order chi connectivity index (χ0) is 17.1. The Kier molecular flexibility index (Phi) is 4.33. The van der Waals surface area contributed by atoms with Crippen LogP contribution < -0.4 is 10.1 Å². The fourth-order valence-electron chi connectivity index (χ4n) is 2.87. The van der Waals surface area contributed by atoms with Crippen molar-refractivity contribution in [1.82, 2.24) is 14.6 Å². The van der Waals surface area contributed by atoms with Crippen LogP contribution in [0, 0.1) is 0 Å². The largest absolute Gasteiger partial charge is 0.491 e. The standard InChI is InChI=1S/C19H21N5O/c1-2-15-13-25-16-6-3-5-14(11-16)17-12-22-24-10-7-18(23-19(17)24)21-9-4-8-20-15/h3,5-8,10-12,15H,2,4,9,13H2,1H3,(H,21,23). The van der Waals surface area contributed by atoms with Gasteiger partial charge in [0.2, 0.25) is 0 Å². The molecule has 25 heavy (non-hydrogen) atoms. The molecule has 1 aromatic carbocycles. The molecule has 1 N–H and O–H groups in total. The van der Waals surface area contributed by atoms with Gasteiger partial charge in [0.25, 0.3) is 0 Å². The second-order valence-corrected chi connectivity index (χ2v) is 6.09. The van der Waals surface area contributed by atoms with E-state index in [1.165, 1.54) is 0 Å². The summed E-state index contributed by atoms with van der Waals surface area (Å²) in [7, 11) is 0. The molecule has 6 nitrogen and oxygen atoms in total. The van der Waals surface area contributed by atoms with Gasteiger partial charge in [-0.2, -0.15) is 5.10 Å². The zero-order valence-corrected chi connectivity index (χ0v) is 14.2. The van der Waals surface area contributed by atoms with E-state index in [2.05, 4.69) is 28.4 Å². The SMILES string of the molecule is CCC1COc2cccc(c2)-c2cnn3ccc(nc23)NCCC=N1. The molecule has 0 amide bonds. The van der Waals surface area contributed by atoms with E-state index in [1.807, 2.05) is 42.9 Å². The highest BCUT2D eigenvalue weighted by molar-refractivity contribution is 5.78. The van der Waals surface area contributed by atoms with Crippen LogP contribution in [0.5, 0.6) is 5.75 Å². The van der Waals surface area contributed by atoms with E-state index in [1.54, 1.807) is 4.52 Å². The molecule has 128 valence electrons. The highest BCUT2D eigenvalue weighted by Gasteiger charge is 2.11. The number of nitrogens with zero attached hydrogens (tertiary/aromatic N) is 4. The molecule has 4 bridgehead atoms. The summed E-state index contributed by atoms with van der Waals surface area (Å²) >= 11 is 0. The summed E-state index contributed by atoms with van der Waals surface area (Å²) < 4.78 is 7.77. The van der Waals surface area contributed by atoms with Gasteiger partial charge in [-0.1, -0.05) is 19.1 Å². The monoisotopic (exact) mass is 335 g/mol. The van der Waals surface area contributed by atoms with Crippen LogP contribution in [0.1, 0.15) is 19.8 Å². The minimum Gasteiger partial charge on any atom is -0.491 e. The molecule has 1 atom stereocenters. The third kappa shape index (κ3) is 3.33. The third-order valence-corrected chi connectivity index (χ3v) is 4.32. The molecular formula is C19H21N5O. The van der Waals surface area contributed by atoms with Crippen LogP contribution in [0.3, 0.4) is 0 Å². The van der Waals surface area contributed by atoms with Crippen molar-refractivity contribution < 1.29 is 4.74 Å². The van der Waals surface area contributed by atoms with Gasteiger partial charge >= 0.3 is 0 Å². The van der Waals surface area contributed by atoms with Gasteiger partial charge in [-0.3, -0.25) is 4.99 Å². The van der Waals surface area contributed by atoms with E-state index in [0.29, 0.717) is 6.61 Å². The van der Waals surface area contributed by atoms with Crippen molar-refractivity contribution >= 4 is 17.7 Å². The normalized spacial score (nSPS) is 17.6. The lowest BCUT2D eigenvalue weighted by Gasteiger charge is -2.12. The van der Waals surface area contributed by atoms with Crippen LogP contribution >= 0.6 is 0 Å². The molecular weight excluding hydrogens is 314 g/mol. The number of rotatable bonds is 1. The van der Waals surface area contributed by atoms with E-state index < -0.39 is 0 Å². The van der Waals surface area contributed by atoms with E-state index in [-0.39, 0.29) is 6.04 Å². The minimum atomic E-state index is 0.177. The number of ether oxygens (including phenoxy) is 1. The first-order chi connectivity index (χ1) is 12.3. The van der Waals surface area contributed by atoms with Crippen LogP contribution in [0.25, 0.3) is 16.8 Å². The summed E-state index contributed by atoms with van der Waals surface area (Å²) in [5, 5.41) is 7.76. The molecule has 1 aliphatic heterocycles. The molecule has 0 spiro atoms. The molecule has 1 unspecified atom stereocenters. The van der Waals surface area contributed by atoms with Crippen LogP contribution in [0.4, 0.5) is 5.82 Å². The Bertz CT molecular complexity index is 902. The maximum atomic E-state index is 5.98. The quantitative estimate of drug-likeness (QED) is 0.740. The Balaban J connectivity index is 1.77. The van der Waals surface area contributed by atoms with E-state index in [4.69, 9.17) is 9.72 Å². The van der Waals surface area contributed by atoms with Gasteiger partial charge in [-0.05, 0) is 36.6 Å². The van der Waals surface area contributed by atoms with Gasteiger partial charge in [0, 0.05) is 24.5 Å². The van der Waals surface area contributed by atoms with Crippen molar-refractivity contribution in [3.8, 4) is 16.9 Å². The van der Waals surface area contributed by atoms with Crippen molar-refractivity contribution in [1.29, 1.82) is 0 Å². The van der Waals surface area contributed by atoms with Crippen molar-refractivity contribution in [3.63, 3.8) is 0 Å². The topological polar surface area (TPSA) is 63.8 Å². The third-order valence-electron chi connectivity index (χ3n) is 4.32. The van der Waals surface area contributed by atoms with Crippen LogP contribution in [-0.2, 0) is 0 Å². The van der Waals surface area contributed by atoms with Gasteiger partial charge in [-0.25, -0.2) is 9.50 Å². The molecule has 0 fully saturated rings. The average molecular weight is 335 g/mol. The van der Waals surface area contributed by atoms with Gasteiger partial charge in [0.05, 0.1) is 12.2 Å². The second kappa shape index (κ2) is 6.93. The van der Waals surface area contributed by atoms with Crippen molar-refractivity contribution in [2.45, 2.75) is 25.8 Å². The minimum absolute atomic E-state index is 0.177. The Hall–Kier alpha value is -2.89. The Morgan fingerprint density at radius 3 is 3.20 bits per heavy atom. The molecule has 0 radical (unpaired) electrons. The Morgan fingerprint density at radius 2 is 2.28 bits per heavy atom. The predicted molar refractivity (Wildman–Crippen MR) is 99.6 cm³/mol. The van der Waals surface area contributed by atoms with Gasteiger partial charge in [-0.15, -0.1) is 0 Å². The fraction of sp³-hybridized carbons (Fsp3) is 0.316. The van der Waals surface area contributed by atoms with Crippen molar-refractivity contribution in [2.24, 2.45) is 4.99 Å². The van der Waals surface area contributed by atoms with Gasteiger partial charge < -0.3 is 10.1 Å². The smallest absolute Gasteiger partial charge is 0.165 e. The maximum absolute atomic E-state index is 5.98. The number of hydrogen-bond donors (Lipinski definition) is 1. The van der Waals surface area contributed by atoms with Gasteiger partial charge in [0.1, 0.15) is 18.2 Å². The number of nitrogens with one attached hydrogen (secondary N) is 1. The molecule has 0 saturated carbocycles. The Labute approximate surface area is 146 Å². The van der Waals surface area contributed by atoms with Crippen LogP contribution in [-0.4, -0.2) is 40.0 Å². The lowest BCUT2D eigenvalue weighted by Crippen LogP contribution is -2.15. The molecule has 6 heteroatoms. The first-order valence-electron chi connectivity index (χ1n) is 8.66. The summed E-state index contributed by atoms with van der Waals surface area (Å²) in [5.74, 6) is 1.69. The van der Waals surface area contributed by atoms with E-state index in [9.17, 15) is 0 Å². The summed E-state index contributed by atoms with van der Waals surface area (Å²) in [6.45, 7) is 3.51. The maximum Gasteiger partial charge on any atom is 0.165 e. The molecule has 2 aromatic heterocycles. The summed E-state index contributed by atoms with van der Waals surface area (Å²) in [6, 6.07) is 10.2. The first-order valence-corrected chi connectivity index (χ1v) is 8.66. The van der Waals surface area contributed by atoms with Crippen molar-refractivity contribution in [3.05, 3.63) is 42.7 Å². The van der Waals surface area contributed by atoms with Gasteiger partial charge in [0.15, 0.2) is 5.65 Å². The van der Waals surface area contributed by atoms with E-state index in [0.717, 1.165) is 47.7 Å². The summed E-state index contributed by atoms with van der Waals surface area (Å²) in [4.78, 5) is 9.34. The van der Waals surface area contributed by atoms with Crippen LogP contribution in [0.15, 0.2) is 47.7 Å². The molecule has 3 aromatic rings. The molecule has 3 heterocycles. The number of aromatic nitrogens is 3. The average Bonchev–Trinajstić information content (AvgIpc) is 3.07. The van der Waals surface area contributed by atoms with E-state index >= 15 is 0 Å². The fourth-order valence-corrected chi connectivity index (χ4v) is 2.87. The summed E-state index contributed by atoms with van der Waals surface area (Å²) in [5.41, 5.74) is 2.87. The lowest BCUT2D eigenvalue weighted by molar-refractivity contribution is 0.286. The van der Waals surface area contributed by atoms with Crippen LogP contribution in [0.2, 0.25) is 0 Å². The second-order valence-electron chi connectivity index (χ2n) is 6.09. The Morgan fingerprint density at radius 1 is 1.32 bits per heavy atom. The number of aliphatic imine (C=N–C) groups is 1. The molecule has 1 aliphatic rings. The predicted octanol–water partition coefficient (Wildman–Crippen LogP) is 3.44. The zero-order valence-electron chi connectivity index (χ0n) is 14.2. The molecule has 4 rings (SSSR count). The molecule has 0 saturated heterocycles. The highest BCUT2D eigenvalue weighted by atomic mass is 16.5. The number of fused-ring (bicyclic) bond motifs is 4. The van der Waals surface area contributed by atoms with Crippen molar-refractivity contribution in [2.75, 3.05) is 18.5 Å². The molecule has 0 aliphatic carbocycles.